The number of nitrogens with zero attached hydrogens (tertiary/aromatic N) is 3. The molecule has 4 rings (SSSR count). The first kappa shape index (κ1) is 14.9. The normalized spacial score (nSPS) is 15.7. The van der Waals surface area contributed by atoms with Crippen molar-refractivity contribution in [3.63, 3.8) is 0 Å². The smallest absolute Gasteiger partial charge is 0.212 e. The second kappa shape index (κ2) is 6.09. The summed E-state index contributed by atoms with van der Waals surface area (Å²) in [7, 11) is 3.33. The number of para-hydroxylation sites is 1. The zero-order valence-corrected chi connectivity index (χ0v) is 14.1. The fraction of sp³-hybridized carbons (Fsp3) is 0.176. The van der Waals surface area contributed by atoms with E-state index in [9.17, 15) is 0 Å². The molecule has 0 amide bonds. The Hall–Kier alpha value is -2.67. The number of nitrogens with one attached hydrogen (secondary N) is 1. The molecule has 0 saturated heterocycles. The number of hydrogen-bond acceptors (Lipinski definition) is 6. The molecule has 0 spiro atoms. The minimum Gasteiger partial charge on any atom is -0.497 e. The van der Waals surface area contributed by atoms with Gasteiger partial charge >= 0.3 is 0 Å². The first-order chi connectivity index (χ1) is 11.8. The van der Waals surface area contributed by atoms with Crippen molar-refractivity contribution in [2.45, 2.75) is 10.5 Å². The van der Waals surface area contributed by atoms with E-state index in [0.717, 1.165) is 33.6 Å². The molecule has 1 N–H and O–H groups in total. The first-order valence-corrected chi connectivity index (χ1v) is 8.34. The van der Waals surface area contributed by atoms with Crippen molar-refractivity contribution in [3.8, 4) is 22.9 Å². The van der Waals surface area contributed by atoms with Gasteiger partial charge in [0, 0.05) is 11.1 Å². The maximum absolute atomic E-state index is 5.46. The Balaban J connectivity index is 1.65. The van der Waals surface area contributed by atoms with Gasteiger partial charge in [-0.25, -0.2) is 4.68 Å². The monoisotopic (exact) mass is 340 g/mol. The van der Waals surface area contributed by atoms with Crippen LogP contribution in [0.2, 0.25) is 0 Å². The number of ether oxygens (including phenoxy) is 2. The van der Waals surface area contributed by atoms with E-state index in [4.69, 9.17) is 9.47 Å². The molecule has 0 saturated carbocycles. The summed E-state index contributed by atoms with van der Waals surface area (Å²) in [6.07, 6.45) is 0. The van der Waals surface area contributed by atoms with E-state index < -0.39 is 0 Å². The van der Waals surface area contributed by atoms with Gasteiger partial charge in [0.15, 0.2) is 5.82 Å². The van der Waals surface area contributed by atoms with Crippen LogP contribution in [0.5, 0.6) is 11.5 Å². The maximum Gasteiger partial charge on any atom is 0.212 e. The summed E-state index contributed by atoms with van der Waals surface area (Å²) in [5.41, 5.74) is 5.50. The van der Waals surface area contributed by atoms with Crippen molar-refractivity contribution in [3.05, 3.63) is 54.1 Å². The quantitative estimate of drug-likeness (QED) is 0.786. The molecular formula is C17H16N4O2S. The third-order valence-corrected chi connectivity index (χ3v) is 4.94. The lowest BCUT2D eigenvalue weighted by Gasteiger charge is -2.15. The van der Waals surface area contributed by atoms with Gasteiger partial charge in [0.2, 0.25) is 5.16 Å². The lowest BCUT2D eigenvalue weighted by molar-refractivity contribution is 0.409. The fourth-order valence-electron chi connectivity index (χ4n) is 2.65. The summed E-state index contributed by atoms with van der Waals surface area (Å²) in [6, 6.07) is 15.7. The van der Waals surface area contributed by atoms with Gasteiger partial charge in [0.05, 0.1) is 14.2 Å². The van der Waals surface area contributed by atoms with E-state index in [1.807, 2.05) is 47.1 Å². The molecule has 122 valence electrons. The summed E-state index contributed by atoms with van der Waals surface area (Å²) in [5, 5.41) is 9.44. The van der Waals surface area contributed by atoms with Crippen molar-refractivity contribution < 1.29 is 9.47 Å². The highest BCUT2D eigenvalue weighted by Crippen LogP contribution is 2.43. The fourth-order valence-corrected chi connectivity index (χ4v) is 3.68. The Labute approximate surface area is 143 Å². The lowest BCUT2D eigenvalue weighted by atomic mass is 10.2. The van der Waals surface area contributed by atoms with Crippen LogP contribution in [0, 0.1) is 0 Å². The molecule has 2 heterocycles. The molecule has 1 aliphatic heterocycles. The number of methoxy groups -OCH3 is 2. The average molecular weight is 340 g/mol. The molecular weight excluding hydrogens is 324 g/mol. The van der Waals surface area contributed by atoms with Gasteiger partial charge < -0.3 is 14.9 Å². The lowest BCUT2D eigenvalue weighted by Crippen LogP contribution is -2.14. The summed E-state index contributed by atoms with van der Waals surface area (Å²) in [6.45, 7) is 0. The Bertz CT molecular complexity index is 863. The Morgan fingerprint density at radius 3 is 2.54 bits per heavy atom. The summed E-state index contributed by atoms with van der Waals surface area (Å²) in [5.74, 6) is 2.44. The highest BCUT2D eigenvalue weighted by atomic mass is 32.2. The van der Waals surface area contributed by atoms with E-state index in [2.05, 4.69) is 21.7 Å². The zero-order valence-electron chi connectivity index (χ0n) is 13.3. The standard InChI is InChI=1S/C17H16N4O2S/c1-22-12-9-7-11(8-10-12)15-18-19-17-21(15)20-16(24-17)13-5-3-4-6-14(13)23-2/h3-10,16,20H,1-2H3/t16-/m1/s1. The van der Waals surface area contributed by atoms with Gasteiger partial charge in [-0.3, -0.25) is 0 Å². The van der Waals surface area contributed by atoms with Crippen LogP contribution >= 0.6 is 11.8 Å². The van der Waals surface area contributed by atoms with Crippen LogP contribution in [0.1, 0.15) is 10.9 Å². The van der Waals surface area contributed by atoms with Gasteiger partial charge in [-0.15, -0.1) is 10.2 Å². The summed E-state index contributed by atoms with van der Waals surface area (Å²) >= 11 is 1.62. The van der Waals surface area contributed by atoms with E-state index in [1.165, 1.54) is 0 Å². The van der Waals surface area contributed by atoms with Crippen molar-refractivity contribution in [2.24, 2.45) is 0 Å². The number of fused-ring (bicyclic) bond motifs is 1. The molecule has 1 atom stereocenters. The van der Waals surface area contributed by atoms with Gasteiger partial charge in [-0.05, 0) is 30.3 Å². The average Bonchev–Trinajstić information content (AvgIpc) is 3.22. The molecule has 24 heavy (non-hydrogen) atoms. The number of aromatic nitrogens is 3. The second-order valence-electron chi connectivity index (χ2n) is 5.24. The minimum absolute atomic E-state index is 0.0312. The molecule has 0 bridgehead atoms. The highest BCUT2D eigenvalue weighted by Gasteiger charge is 2.29. The van der Waals surface area contributed by atoms with E-state index >= 15 is 0 Å². The molecule has 0 fully saturated rings. The Kier molecular flexibility index (Phi) is 3.78. The Morgan fingerprint density at radius 1 is 1.00 bits per heavy atom. The summed E-state index contributed by atoms with van der Waals surface area (Å²) in [4.78, 5) is 0. The highest BCUT2D eigenvalue weighted by molar-refractivity contribution is 7.99. The molecule has 0 aliphatic carbocycles. The number of thioether (sulfide) groups is 1. The largest absolute Gasteiger partial charge is 0.497 e. The maximum atomic E-state index is 5.46. The third kappa shape index (κ3) is 2.46. The van der Waals surface area contributed by atoms with Crippen molar-refractivity contribution in [1.82, 2.24) is 14.9 Å². The van der Waals surface area contributed by atoms with Crippen molar-refractivity contribution in [2.75, 3.05) is 19.6 Å². The van der Waals surface area contributed by atoms with Crippen LogP contribution in [-0.4, -0.2) is 29.1 Å². The van der Waals surface area contributed by atoms with Crippen molar-refractivity contribution >= 4 is 11.8 Å². The van der Waals surface area contributed by atoms with Crippen LogP contribution in [-0.2, 0) is 0 Å². The SMILES string of the molecule is COc1ccc(-c2nnc3n2N[C@@H](c2ccccc2OC)S3)cc1. The molecule has 1 aliphatic rings. The summed E-state index contributed by atoms with van der Waals surface area (Å²) < 4.78 is 12.6. The van der Waals surface area contributed by atoms with Gasteiger partial charge in [0.1, 0.15) is 16.9 Å². The van der Waals surface area contributed by atoms with Crippen LogP contribution in [0.4, 0.5) is 0 Å². The molecule has 7 heteroatoms. The third-order valence-electron chi connectivity index (χ3n) is 3.87. The number of hydrogen-bond donors (Lipinski definition) is 1. The molecule has 3 aromatic rings. The molecule has 2 aromatic carbocycles. The van der Waals surface area contributed by atoms with Gasteiger partial charge in [0.25, 0.3) is 0 Å². The predicted octanol–water partition coefficient (Wildman–Crippen LogP) is 3.31. The van der Waals surface area contributed by atoms with Crippen LogP contribution in [0.25, 0.3) is 11.4 Å². The zero-order chi connectivity index (χ0) is 16.5. The molecule has 1 aromatic heterocycles. The van der Waals surface area contributed by atoms with Gasteiger partial charge in [-0.2, -0.15) is 0 Å². The molecule has 0 radical (unpaired) electrons. The predicted molar refractivity (Wildman–Crippen MR) is 93.0 cm³/mol. The van der Waals surface area contributed by atoms with Crippen LogP contribution in [0.3, 0.4) is 0 Å². The van der Waals surface area contributed by atoms with E-state index in [1.54, 1.807) is 26.0 Å². The topological polar surface area (TPSA) is 61.2 Å². The van der Waals surface area contributed by atoms with Crippen LogP contribution < -0.4 is 14.9 Å². The van der Waals surface area contributed by atoms with E-state index in [-0.39, 0.29) is 5.37 Å². The second-order valence-corrected chi connectivity index (χ2v) is 6.31. The Morgan fingerprint density at radius 2 is 1.79 bits per heavy atom. The minimum atomic E-state index is 0.0312. The number of benzene rings is 2. The molecule has 0 unspecified atom stereocenters. The van der Waals surface area contributed by atoms with Crippen molar-refractivity contribution in [1.29, 1.82) is 0 Å². The first-order valence-electron chi connectivity index (χ1n) is 7.46. The van der Waals surface area contributed by atoms with Gasteiger partial charge in [-0.1, -0.05) is 30.0 Å². The number of rotatable bonds is 4. The van der Waals surface area contributed by atoms with Crippen LogP contribution in [0.15, 0.2) is 53.7 Å². The molecule has 6 nitrogen and oxygen atoms in total. The van der Waals surface area contributed by atoms with E-state index in [0.29, 0.717) is 0 Å².